The third-order valence-electron chi connectivity index (χ3n) is 3.80. The van der Waals surface area contributed by atoms with Crippen molar-refractivity contribution in [1.29, 1.82) is 0 Å². The molecule has 0 radical (unpaired) electrons. The van der Waals surface area contributed by atoms with Gasteiger partial charge in [-0.25, -0.2) is 9.97 Å². The van der Waals surface area contributed by atoms with E-state index in [1.807, 2.05) is 55.6 Å². The van der Waals surface area contributed by atoms with E-state index in [-0.39, 0.29) is 0 Å². The van der Waals surface area contributed by atoms with Crippen LogP contribution in [0.2, 0.25) is 0 Å². The minimum atomic E-state index is 0.606. The summed E-state index contributed by atoms with van der Waals surface area (Å²) in [7, 11) is 1.86. The minimum Gasteiger partial charge on any atom is -0.467 e. The van der Waals surface area contributed by atoms with E-state index < -0.39 is 0 Å². The zero-order valence-electron chi connectivity index (χ0n) is 13.2. The van der Waals surface area contributed by atoms with Crippen molar-refractivity contribution in [1.82, 2.24) is 14.5 Å². The number of hydrogen-bond donors (Lipinski definition) is 2. The summed E-state index contributed by atoms with van der Waals surface area (Å²) >= 11 is 0. The molecule has 4 rings (SSSR count). The Morgan fingerprint density at radius 3 is 2.75 bits per heavy atom. The summed E-state index contributed by atoms with van der Waals surface area (Å²) in [5.74, 6) is 2.43. The summed E-state index contributed by atoms with van der Waals surface area (Å²) in [6, 6.07) is 15.8. The molecule has 0 atom stereocenters. The van der Waals surface area contributed by atoms with Crippen LogP contribution in [-0.2, 0) is 6.54 Å². The highest BCUT2D eigenvalue weighted by Gasteiger charge is 2.12. The Balaban J connectivity index is 1.74. The molecule has 120 valence electrons. The Morgan fingerprint density at radius 1 is 1.12 bits per heavy atom. The molecule has 0 fully saturated rings. The van der Waals surface area contributed by atoms with Gasteiger partial charge in [0.1, 0.15) is 17.1 Å². The van der Waals surface area contributed by atoms with Gasteiger partial charge in [0.15, 0.2) is 0 Å². The number of para-hydroxylation sites is 1. The Kier molecular flexibility index (Phi) is 3.63. The van der Waals surface area contributed by atoms with Crippen molar-refractivity contribution in [3.8, 4) is 0 Å². The third kappa shape index (κ3) is 2.69. The summed E-state index contributed by atoms with van der Waals surface area (Å²) in [5.41, 5.74) is 2.82. The van der Waals surface area contributed by atoms with E-state index in [4.69, 9.17) is 4.42 Å². The van der Waals surface area contributed by atoms with Gasteiger partial charge in [0.05, 0.1) is 24.5 Å². The first-order valence-electron chi connectivity index (χ1n) is 7.72. The van der Waals surface area contributed by atoms with Gasteiger partial charge in [-0.1, -0.05) is 18.2 Å². The molecule has 0 aliphatic rings. The number of furan rings is 1. The van der Waals surface area contributed by atoms with Crippen LogP contribution in [-0.4, -0.2) is 21.6 Å². The van der Waals surface area contributed by atoms with Gasteiger partial charge in [-0.15, -0.1) is 0 Å². The molecule has 0 spiro atoms. The van der Waals surface area contributed by atoms with E-state index in [1.165, 1.54) is 0 Å². The van der Waals surface area contributed by atoms with Gasteiger partial charge in [-0.3, -0.25) is 0 Å². The molecule has 6 nitrogen and oxygen atoms in total. The number of benzene rings is 1. The lowest BCUT2D eigenvalue weighted by atomic mass is 10.3. The van der Waals surface area contributed by atoms with Crippen LogP contribution in [0.4, 0.5) is 17.5 Å². The second kappa shape index (κ2) is 6.08. The normalized spacial score (nSPS) is 10.9. The summed E-state index contributed by atoms with van der Waals surface area (Å²) in [4.78, 5) is 9.03. The second-order valence-corrected chi connectivity index (χ2v) is 5.40. The number of imidazole rings is 1. The molecule has 24 heavy (non-hydrogen) atoms. The molecule has 2 N–H and O–H groups in total. The fourth-order valence-corrected chi connectivity index (χ4v) is 2.68. The number of anilines is 3. The molecule has 0 aliphatic heterocycles. The van der Waals surface area contributed by atoms with Crippen LogP contribution >= 0.6 is 0 Å². The Hall–Kier alpha value is -3.28. The highest BCUT2D eigenvalue weighted by molar-refractivity contribution is 5.81. The number of nitrogens with zero attached hydrogens (tertiary/aromatic N) is 3. The zero-order chi connectivity index (χ0) is 16.4. The fourth-order valence-electron chi connectivity index (χ4n) is 2.68. The number of rotatable bonds is 5. The van der Waals surface area contributed by atoms with Gasteiger partial charge >= 0.3 is 0 Å². The zero-order valence-corrected chi connectivity index (χ0v) is 13.2. The first kappa shape index (κ1) is 14.3. The van der Waals surface area contributed by atoms with Gasteiger partial charge in [0.2, 0.25) is 5.95 Å². The molecule has 3 aromatic heterocycles. The standard InChI is InChI=1S/C18H17N5O/c1-19-18-22-15-11-20-17(21-13-6-3-2-4-7-13)10-16(15)23(18)12-14-8-5-9-24-14/h2-11H,12H2,1H3,(H,19,22)(H,20,21). The smallest absolute Gasteiger partial charge is 0.204 e. The number of pyridine rings is 1. The predicted molar refractivity (Wildman–Crippen MR) is 94.6 cm³/mol. The van der Waals surface area contributed by atoms with E-state index >= 15 is 0 Å². The van der Waals surface area contributed by atoms with E-state index in [1.54, 1.807) is 12.5 Å². The molecule has 0 aliphatic carbocycles. The maximum absolute atomic E-state index is 5.47. The van der Waals surface area contributed by atoms with Crippen LogP contribution in [0.25, 0.3) is 11.0 Å². The lowest BCUT2D eigenvalue weighted by molar-refractivity contribution is 0.497. The van der Waals surface area contributed by atoms with Crippen molar-refractivity contribution >= 4 is 28.5 Å². The topological polar surface area (TPSA) is 67.9 Å². The first-order chi connectivity index (χ1) is 11.8. The van der Waals surface area contributed by atoms with Crippen LogP contribution in [0.5, 0.6) is 0 Å². The lowest BCUT2D eigenvalue weighted by Crippen LogP contribution is -2.04. The largest absolute Gasteiger partial charge is 0.467 e. The molecule has 0 bridgehead atoms. The molecule has 0 amide bonds. The average Bonchev–Trinajstić information content (AvgIpc) is 3.24. The maximum atomic E-state index is 5.47. The molecule has 0 unspecified atom stereocenters. The Morgan fingerprint density at radius 2 is 2.00 bits per heavy atom. The van der Waals surface area contributed by atoms with Crippen molar-refractivity contribution in [2.24, 2.45) is 0 Å². The van der Waals surface area contributed by atoms with Crippen molar-refractivity contribution in [3.63, 3.8) is 0 Å². The molecule has 1 aromatic carbocycles. The molecule has 0 saturated heterocycles. The van der Waals surface area contributed by atoms with Gasteiger partial charge < -0.3 is 19.6 Å². The highest BCUT2D eigenvalue weighted by Crippen LogP contribution is 2.24. The van der Waals surface area contributed by atoms with Gasteiger partial charge in [0.25, 0.3) is 0 Å². The number of nitrogens with one attached hydrogen (secondary N) is 2. The summed E-state index contributed by atoms with van der Waals surface area (Å²) in [5, 5.41) is 6.44. The summed E-state index contributed by atoms with van der Waals surface area (Å²) in [6.07, 6.45) is 3.46. The van der Waals surface area contributed by atoms with Crippen LogP contribution < -0.4 is 10.6 Å². The van der Waals surface area contributed by atoms with Crippen LogP contribution in [0.15, 0.2) is 65.4 Å². The van der Waals surface area contributed by atoms with Crippen LogP contribution in [0.1, 0.15) is 5.76 Å². The molecule has 4 aromatic rings. The SMILES string of the molecule is CNc1nc2cnc(Nc3ccccc3)cc2n1Cc1ccco1. The van der Waals surface area contributed by atoms with Gasteiger partial charge in [-0.2, -0.15) is 0 Å². The lowest BCUT2D eigenvalue weighted by Gasteiger charge is -2.08. The minimum absolute atomic E-state index is 0.606. The van der Waals surface area contributed by atoms with E-state index in [0.717, 1.165) is 34.2 Å². The second-order valence-electron chi connectivity index (χ2n) is 5.40. The quantitative estimate of drug-likeness (QED) is 0.584. The fraction of sp³-hybridized carbons (Fsp3) is 0.111. The van der Waals surface area contributed by atoms with Crippen LogP contribution in [0, 0.1) is 0 Å². The maximum Gasteiger partial charge on any atom is 0.204 e. The van der Waals surface area contributed by atoms with Crippen molar-refractivity contribution in [2.75, 3.05) is 17.7 Å². The first-order valence-corrected chi connectivity index (χ1v) is 7.72. The molecule has 0 saturated carbocycles. The van der Waals surface area contributed by atoms with E-state index in [2.05, 4.69) is 25.2 Å². The average molecular weight is 319 g/mol. The summed E-state index contributed by atoms with van der Waals surface area (Å²) in [6.45, 7) is 0.606. The number of fused-ring (bicyclic) bond motifs is 1. The molecular weight excluding hydrogens is 302 g/mol. The van der Waals surface area contributed by atoms with Crippen molar-refractivity contribution in [3.05, 3.63) is 66.8 Å². The highest BCUT2D eigenvalue weighted by atomic mass is 16.3. The van der Waals surface area contributed by atoms with Gasteiger partial charge in [0, 0.05) is 18.8 Å². The monoisotopic (exact) mass is 319 g/mol. The number of aromatic nitrogens is 3. The third-order valence-corrected chi connectivity index (χ3v) is 3.80. The van der Waals surface area contributed by atoms with Crippen LogP contribution in [0.3, 0.4) is 0 Å². The van der Waals surface area contributed by atoms with Crippen molar-refractivity contribution in [2.45, 2.75) is 6.54 Å². The molecule has 3 heterocycles. The number of hydrogen-bond acceptors (Lipinski definition) is 5. The summed E-state index contributed by atoms with van der Waals surface area (Å²) < 4.78 is 7.55. The van der Waals surface area contributed by atoms with Gasteiger partial charge in [-0.05, 0) is 24.3 Å². The molecule has 6 heteroatoms. The predicted octanol–water partition coefficient (Wildman–Crippen LogP) is 3.86. The van der Waals surface area contributed by atoms with E-state index in [0.29, 0.717) is 6.54 Å². The van der Waals surface area contributed by atoms with Crippen molar-refractivity contribution < 1.29 is 4.42 Å². The Labute approximate surface area is 139 Å². The molecular formula is C18H17N5O. The van der Waals surface area contributed by atoms with E-state index in [9.17, 15) is 0 Å². The Bertz CT molecular complexity index is 944.